The number of amides is 1. The van der Waals surface area contributed by atoms with Crippen LogP contribution in [-0.2, 0) is 17.8 Å². The van der Waals surface area contributed by atoms with E-state index in [0.29, 0.717) is 36.6 Å². The number of hydrogen-bond donors (Lipinski definition) is 1. The summed E-state index contributed by atoms with van der Waals surface area (Å²) >= 11 is 0. The Kier molecular flexibility index (Phi) is 6.53. The van der Waals surface area contributed by atoms with Crippen molar-refractivity contribution in [3.63, 3.8) is 0 Å². The maximum Gasteiger partial charge on any atom is 0.224 e. The van der Waals surface area contributed by atoms with Crippen molar-refractivity contribution in [2.24, 2.45) is 0 Å². The highest BCUT2D eigenvalue weighted by molar-refractivity contribution is 5.91. The number of pyridine rings is 1. The number of ether oxygens (including phenoxy) is 2. The van der Waals surface area contributed by atoms with E-state index in [1.807, 2.05) is 43.5 Å². The average Bonchev–Trinajstić information content (AvgIpc) is 3.18. The quantitative estimate of drug-likeness (QED) is 0.437. The molecule has 1 aromatic carbocycles. The Balaban J connectivity index is 1.42. The number of fused-ring (bicyclic) bond motifs is 1. The van der Waals surface area contributed by atoms with Gasteiger partial charge < -0.3 is 14.8 Å². The van der Waals surface area contributed by atoms with Crippen molar-refractivity contribution >= 4 is 17.2 Å². The first-order chi connectivity index (χ1) is 15.9. The molecule has 8 nitrogen and oxygen atoms in total. The van der Waals surface area contributed by atoms with Gasteiger partial charge in [0.25, 0.3) is 0 Å². The molecule has 3 heterocycles. The zero-order chi connectivity index (χ0) is 23.4. The van der Waals surface area contributed by atoms with Crippen molar-refractivity contribution < 1.29 is 14.3 Å². The van der Waals surface area contributed by atoms with Gasteiger partial charge in [0.15, 0.2) is 17.1 Å². The van der Waals surface area contributed by atoms with Crippen LogP contribution >= 0.6 is 0 Å². The molecule has 0 atom stereocenters. The van der Waals surface area contributed by atoms with Gasteiger partial charge in [-0.05, 0) is 51.0 Å². The molecule has 0 bridgehead atoms. The fraction of sp³-hybridized carbons (Fsp3) is 0.280. The summed E-state index contributed by atoms with van der Waals surface area (Å²) in [6.45, 7) is 6.28. The van der Waals surface area contributed by atoms with E-state index in [9.17, 15) is 4.79 Å². The molecule has 0 aliphatic rings. The molecule has 0 aliphatic carbocycles. The summed E-state index contributed by atoms with van der Waals surface area (Å²) in [6.07, 6.45) is 4.37. The second-order valence-electron chi connectivity index (χ2n) is 7.88. The zero-order valence-corrected chi connectivity index (χ0v) is 19.3. The van der Waals surface area contributed by atoms with E-state index in [-0.39, 0.29) is 5.91 Å². The summed E-state index contributed by atoms with van der Waals surface area (Å²) < 4.78 is 13.1. The standard InChI is InChI=1S/C25H27N5O3/c1-16-12-24-27-17(2)21(18(3)30(24)29-16)8-10-25(31)28-20-7-9-22(32-4)23(13-20)33-15-19-6-5-11-26-14-19/h5-7,9,11-14H,8,10,15H2,1-4H3,(H,28,31). The van der Waals surface area contributed by atoms with Gasteiger partial charge in [-0.1, -0.05) is 6.07 Å². The van der Waals surface area contributed by atoms with Gasteiger partial charge in [0, 0.05) is 53.6 Å². The average molecular weight is 446 g/mol. The Labute approximate surface area is 192 Å². The number of methoxy groups -OCH3 is 1. The van der Waals surface area contributed by atoms with Gasteiger partial charge in [-0.3, -0.25) is 9.78 Å². The van der Waals surface area contributed by atoms with Gasteiger partial charge in [0.05, 0.1) is 12.8 Å². The lowest BCUT2D eigenvalue weighted by molar-refractivity contribution is -0.116. The van der Waals surface area contributed by atoms with E-state index >= 15 is 0 Å². The van der Waals surface area contributed by atoms with Crippen LogP contribution in [0.1, 0.15) is 34.6 Å². The van der Waals surface area contributed by atoms with Crippen molar-refractivity contribution in [1.82, 2.24) is 19.6 Å². The number of carbonyl (C=O) groups excluding carboxylic acids is 1. The molecule has 0 unspecified atom stereocenters. The Hall–Kier alpha value is -3.94. The minimum atomic E-state index is -0.0890. The van der Waals surface area contributed by atoms with Crippen LogP contribution < -0.4 is 14.8 Å². The largest absolute Gasteiger partial charge is 0.493 e. The highest BCUT2D eigenvalue weighted by atomic mass is 16.5. The number of rotatable bonds is 8. The first-order valence-corrected chi connectivity index (χ1v) is 10.8. The third-order valence-corrected chi connectivity index (χ3v) is 5.45. The predicted octanol–water partition coefficient (Wildman–Crippen LogP) is 4.21. The molecule has 0 saturated carbocycles. The van der Waals surface area contributed by atoms with Crippen LogP contribution in [0.15, 0.2) is 48.8 Å². The fourth-order valence-corrected chi connectivity index (χ4v) is 3.78. The molecule has 1 amide bonds. The topological polar surface area (TPSA) is 90.6 Å². The Morgan fingerprint density at radius 3 is 2.73 bits per heavy atom. The third-order valence-electron chi connectivity index (χ3n) is 5.45. The number of hydrogen-bond acceptors (Lipinski definition) is 6. The molecule has 4 rings (SSSR count). The minimum absolute atomic E-state index is 0.0890. The molecular formula is C25H27N5O3. The number of benzene rings is 1. The summed E-state index contributed by atoms with van der Waals surface area (Å²) in [6, 6.07) is 11.1. The number of nitrogens with zero attached hydrogens (tertiary/aromatic N) is 4. The Bertz CT molecular complexity index is 1280. The second kappa shape index (κ2) is 9.68. The van der Waals surface area contributed by atoms with E-state index in [0.717, 1.165) is 33.9 Å². The summed E-state index contributed by atoms with van der Waals surface area (Å²) in [5.74, 6) is 1.06. The molecule has 3 aromatic heterocycles. The van der Waals surface area contributed by atoms with Crippen molar-refractivity contribution in [2.75, 3.05) is 12.4 Å². The maximum absolute atomic E-state index is 12.7. The van der Waals surface area contributed by atoms with Gasteiger partial charge in [0.2, 0.25) is 5.91 Å². The van der Waals surface area contributed by atoms with Gasteiger partial charge in [0.1, 0.15) is 6.61 Å². The van der Waals surface area contributed by atoms with Crippen molar-refractivity contribution in [3.05, 3.63) is 77.0 Å². The summed E-state index contributed by atoms with van der Waals surface area (Å²) in [5.41, 5.74) is 6.30. The second-order valence-corrected chi connectivity index (χ2v) is 7.88. The van der Waals surface area contributed by atoms with Crippen molar-refractivity contribution in [3.8, 4) is 11.5 Å². The van der Waals surface area contributed by atoms with E-state index < -0.39 is 0 Å². The van der Waals surface area contributed by atoms with Crippen LogP contribution in [0, 0.1) is 20.8 Å². The van der Waals surface area contributed by atoms with Crippen LogP contribution in [0.5, 0.6) is 11.5 Å². The SMILES string of the molecule is COc1ccc(NC(=O)CCc2c(C)nc3cc(C)nn3c2C)cc1OCc1cccnc1. The predicted molar refractivity (Wildman–Crippen MR) is 126 cm³/mol. The molecule has 0 saturated heterocycles. The number of anilines is 1. The van der Waals surface area contributed by atoms with Gasteiger partial charge in [-0.2, -0.15) is 5.10 Å². The molecule has 0 fully saturated rings. The summed E-state index contributed by atoms with van der Waals surface area (Å²) in [5, 5.41) is 7.45. The van der Waals surface area contributed by atoms with Crippen LogP contribution in [0.3, 0.4) is 0 Å². The summed E-state index contributed by atoms with van der Waals surface area (Å²) in [4.78, 5) is 21.4. The zero-order valence-electron chi connectivity index (χ0n) is 19.3. The Morgan fingerprint density at radius 1 is 1.12 bits per heavy atom. The number of aryl methyl sites for hydroxylation is 3. The van der Waals surface area contributed by atoms with E-state index in [1.54, 1.807) is 37.7 Å². The highest BCUT2D eigenvalue weighted by Crippen LogP contribution is 2.31. The smallest absolute Gasteiger partial charge is 0.224 e. The molecule has 33 heavy (non-hydrogen) atoms. The molecular weight excluding hydrogens is 418 g/mol. The number of carbonyl (C=O) groups is 1. The lowest BCUT2D eigenvalue weighted by Crippen LogP contribution is -2.14. The molecule has 0 radical (unpaired) electrons. The van der Waals surface area contributed by atoms with Gasteiger partial charge >= 0.3 is 0 Å². The molecule has 0 spiro atoms. The van der Waals surface area contributed by atoms with Crippen LogP contribution in [0.4, 0.5) is 5.69 Å². The molecule has 0 aliphatic heterocycles. The minimum Gasteiger partial charge on any atom is -0.493 e. The molecule has 170 valence electrons. The van der Waals surface area contributed by atoms with Gasteiger partial charge in [-0.15, -0.1) is 0 Å². The van der Waals surface area contributed by atoms with E-state index in [4.69, 9.17) is 9.47 Å². The lowest BCUT2D eigenvalue weighted by Gasteiger charge is -2.14. The Morgan fingerprint density at radius 2 is 1.97 bits per heavy atom. The van der Waals surface area contributed by atoms with Crippen LogP contribution in [0.25, 0.3) is 5.65 Å². The van der Waals surface area contributed by atoms with Crippen molar-refractivity contribution in [2.45, 2.75) is 40.2 Å². The van der Waals surface area contributed by atoms with Gasteiger partial charge in [-0.25, -0.2) is 9.50 Å². The maximum atomic E-state index is 12.7. The monoisotopic (exact) mass is 445 g/mol. The first-order valence-electron chi connectivity index (χ1n) is 10.8. The van der Waals surface area contributed by atoms with E-state index in [2.05, 4.69) is 20.4 Å². The van der Waals surface area contributed by atoms with Crippen molar-refractivity contribution in [1.29, 1.82) is 0 Å². The number of aromatic nitrogens is 4. The van der Waals surface area contributed by atoms with E-state index in [1.165, 1.54) is 0 Å². The fourth-order valence-electron chi connectivity index (χ4n) is 3.78. The van der Waals surface area contributed by atoms with Crippen LogP contribution in [0.2, 0.25) is 0 Å². The highest BCUT2D eigenvalue weighted by Gasteiger charge is 2.14. The molecule has 8 heteroatoms. The lowest BCUT2D eigenvalue weighted by atomic mass is 10.1. The normalized spacial score (nSPS) is 10.9. The molecule has 1 N–H and O–H groups in total. The number of nitrogens with one attached hydrogen (secondary N) is 1. The van der Waals surface area contributed by atoms with Crippen LogP contribution in [-0.4, -0.2) is 32.6 Å². The first kappa shape index (κ1) is 22.3. The summed E-state index contributed by atoms with van der Waals surface area (Å²) in [7, 11) is 1.58. The molecule has 4 aromatic rings. The third kappa shape index (κ3) is 5.11.